The van der Waals surface area contributed by atoms with E-state index in [9.17, 15) is 4.79 Å². The zero-order valence-electron chi connectivity index (χ0n) is 12.6. The lowest BCUT2D eigenvalue weighted by Gasteiger charge is -2.31. The lowest BCUT2D eigenvalue weighted by molar-refractivity contribution is -0.132. The van der Waals surface area contributed by atoms with Gasteiger partial charge in [-0.05, 0) is 37.0 Å². The molecule has 5 heteroatoms. The van der Waals surface area contributed by atoms with Crippen LogP contribution in [0.5, 0.6) is 0 Å². The van der Waals surface area contributed by atoms with Gasteiger partial charge in [0.15, 0.2) is 0 Å². The minimum absolute atomic E-state index is 0.241. The molecule has 0 N–H and O–H groups in total. The Kier molecular flexibility index (Phi) is 4.73. The molecule has 0 aromatic carbocycles. The molecule has 0 spiro atoms. The molecule has 0 radical (unpaired) electrons. The van der Waals surface area contributed by atoms with Gasteiger partial charge in [0.05, 0.1) is 0 Å². The largest absolute Gasteiger partial charge is 0.343 e. The number of pyridine rings is 1. The van der Waals surface area contributed by atoms with E-state index in [0.717, 1.165) is 43.6 Å². The second-order valence-electron chi connectivity index (χ2n) is 5.65. The maximum Gasteiger partial charge on any atom is 0.222 e. The van der Waals surface area contributed by atoms with Crippen molar-refractivity contribution in [3.63, 3.8) is 0 Å². The smallest absolute Gasteiger partial charge is 0.222 e. The first-order chi connectivity index (χ1) is 10.8. The molecule has 3 heterocycles. The van der Waals surface area contributed by atoms with Crippen molar-refractivity contribution in [3.05, 3.63) is 54.4 Å². The maximum absolute atomic E-state index is 12.3. The van der Waals surface area contributed by atoms with Crippen LogP contribution >= 0.6 is 0 Å². The van der Waals surface area contributed by atoms with E-state index in [0.29, 0.717) is 12.3 Å². The Morgan fingerprint density at radius 2 is 2.05 bits per heavy atom. The number of piperidine rings is 1. The fraction of sp³-hybridized carbons (Fsp3) is 0.412. The second-order valence-corrected chi connectivity index (χ2v) is 5.65. The van der Waals surface area contributed by atoms with E-state index in [4.69, 9.17) is 0 Å². The zero-order valence-corrected chi connectivity index (χ0v) is 12.6. The molecule has 1 fully saturated rings. The quantitative estimate of drug-likeness (QED) is 0.868. The molecule has 1 aliphatic rings. The number of rotatable bonds is 4. The molecular formula is C17H20N4O. The molecule has 2 aromatic rings. The number of hydrogen-bond donors (Lipinski definition) is 0. The SMILES string of the molecule is O=C(CCc1cccnc1)N1CCC(c2ccncn2)CC1. The van der Waals surface area contributed by atoms with Crippen molar-refractivity contribution in [1.82, 2.24) is 19.9 Å². The van der Waals surface area contributed by atoms with Crippen LogP contribution in [0.3, 0.4) is 0 Å². The molecule has 22 heavy (non-hydrogen) atoms. The summed E-state index contributed by atoms with van der Waals surface area (Å²) in [6.45, 7) is 1.64. The minimum Gasteiger partial charge on any atom is -0.343 e. The Morgan fingerprint density at radius 1 is 1.18 bits per heavy atom. The molecular weight excluding hydrogens is 276 g/mol. The maximum atomic E-state index is 12.3. The van der Waals surface area contributed by atoms with Gasteiger partial charge in [-0.25, -0.2) is 9.97 Å². The predicted molar refractivity (Wildman–Crippen MR) is 83.1 cm³/mol. The van der Waals surface area contributed by atoms with E-state index in [1.807, 2.05) is 29.3 Å². The van der Waals surface area contributed by atoms with Gasteiger partial charge in [0, 0.05) is 49.7 Å². The van der Waals surface area contributed by atoms with Crippen molar-refractivity contribution in [2.24, 2.45) is 0 Å². The summed E-state index contributed by atoms with van der Waals surface area (Å²) in [5, 5.41) is 0. The van der Waals surface area contributed by atoms with Crippen LogP contribution in [0.25, 0.3) is 0 Å². The number of aromatic nitrogens is 3. The number of likely N-dealkylation sites (tertiary alicyclic amines) is 1. The molecule has 1 amide bonds. The summed E-state index contributed by atoms with van der Waals surface area (Å²) in [5.41, 5.74) is 2.21. The summed E-state index contributed by atoms with van der Waals surface area (Å²) in [5.74, 6) is 0.690. The third-order valence-electron chi connectivity index (χ3n) is 4.22. The first-order valence-corrected chi connectivity index (χ1v) is 7.75. The third-order valence-corrected chi connectivity index (χ3v) is 4.22. The van der Waals surface area contributed by atoms with E-state index in [1.54, 1.807) is 18.7 Å². The highest BCUT2D eigenvalue weighted by atomic mass is 16.2. The van der Waals surface area contributed by atoms with E-state index >= 15 is 0 Å². The second kappa shape index (κ2) is 7.11. The van der Waals surface area contributed by atoms with E-state index in [-0.39, 0.29) is 5.91 Å². The fourth-order valence-electron chi connectivity index (χ4n) is 2.92. The summed E-state index contributed by atoms with van der Waals surface area (Å²) in [6, 6.07) is 5.90. The first-order valence-electron chi connectivity index (χ1n) is 7.75. The van der Waals surface area contributed by atoms with Gasteiger partial charge in [-0.1, -0.05) is 6.07 Å². The monoisotopic (exact) mass is 296 g/mol. The van der Waals surface area contributed by atoms with E-state index < -0.39 is 0 Å². The predicted octanol–water partition coefficient (Wildman–Crippen LogP) is 2.21. The Balaban J connectivity index is 1.48. The Bertz CT molecular complexity index is 595. The molecule has 2 aromatic heterocycles. The minimum atomic E-state index is 0.241. The number of carbonyl (C=O) groups excluding carboxylic acids is 1. The molecule has 0 atom stereocenters. The molecule has 0 saturated carbocycles. The van der Waals surface area contributed by atoms with Crippen LogP contribution in [0.1, 0.15) is 36.4 Å². The van der Waals surface area contributed by atoms with Gasteiger partial charge in [-0.15, -0.1) is 0 Å². The summed E-state index contributed by atoms with van der Waals surface area (Å²) in [4.78, 5) is 26.6. The molecule has 0 aliphatic carbocycles. The third kappa shape index (κ3) is 3.67. The molecule has 0 unspecified atom stereocenters. The van der Waals surface area contributed by atoms with Crippen molar-refractivity contribution >= 4 is 5.91 Å². The van der Waals surface area contributed by atoms with Crippen LogP contribution in [-0.2, 0) is 11.2 Å². The highest BCUT2D eigenvalue weighted by Crippen LogP contribution is 2.26. The number of aryl methyl sites for hydroxylation is 1. The van der Waals surface area contributed by atoms with Crippen molar-refractivity contribution in [1.29, 1.82) is 0 Å². The van der Waals surface area contributed by atoms with E-state index in [2.05, 4.69) is 15.0 Å². The van der Waals surface area contributed by atoms with Crippen LogP contribution in [0.2, 0.25) is 0 Å². The molecule has 114 valence electrons. The number of nitrogens with zero attached hydrogens (tertiary/aromatic N) is 4. The topological polar surface area (TPSA) is 59.0 Å². The number of hydrogen-bond acceptors (Lipinski definition) is 4. The van der Waals surface area contributed by atoms with Crippen LogP contribution in [0.4, 0.5) is 0 Å². The zero-order chi connectivity index (χ0) is 15.2. The summed E-state index contributed by atoms with van der Waals surface area (Å²) in [7, 11) is 0. The lowest BCUT2D eigenvalue weighted by atomic mass is 9.93. The standard InChI is InChI=1S/C17H20N4O/c22-17(4-3-14-2-1-8-18-12-14)21-10-6-15(7-11-21)16-5-9-19-13-20-16/h1-2,5,8-9,12-13,15H,3-4,6-7,10-11H2. The highest BCUT2D eigenvalue weighted by molar-refractivity contribution is 5.76. The Hall–Kier alpha value is -2.30. The van der Waals surface area contributed by atoms with Crippen LogP contribution in [0.15, 0.2) is 43.1 Å². The normalized spacial score (nSPS) is 15.7. The van der Waals surface area contributed by atoms with Gasteiger partial charge in [0.2, 0.25) is 5.91 Å². The Labute approximate surface area is 130 Å². The number of amides is 1. The molecule has 5 nitrogen and oxygen atoms in total. The van der Waals surface area contributed by atoms with Gasteiger partial charge in [0.25, 0.3) is 0 Å². The van der Waals surface area contributed by atoms with Gasteiger partial charge in [-0.3, -0.25) is 9.78 Å². The van der Waals surface area contributed by atoms with Crippen LogP contribution < -0.4 is 0 Å². The molecule has 0 bridgehead atoms. The first kappa shape index (κ1) is 14.6. The van der Waals surface area contributed by atoms with Gasteiger partial charge < -0.3 is 4.90 Å². The lowest BCUT2D eigenvalue weighted by Crippen LogP contribution is -2.38. The van der Waals surface area contributed by atoms with Gasteiger partial charge in [0.1, 0.15) is 6.33 Å². The van der Waals surface area contributed by atoms with Crippen molar-refractivity contribution in [3.8, 4) is 0 Å². The number of carbonyl (C=O) groups is 1. The highest BCUT2D eigenvalue weighted by Gasteiger charge is 2.24. The van der Waals surface area contributed by atoms with Gasteiger partial charge >= 0.3 is 0 Å². The van der Waals surface area contributed by atoms with Crippen LogP contribution in [-0.4, -0.2) is 38.8 Å². The van der Waals surface area contributed by atoms with Crippen molar-refractivity contribution in [2.45, 2.75) is 31.6 Å². The van der Waals surface area contributed by atoms with Crippen LogP contribution in [0, 0.1) is 0 Å². The van der Waals surface area contributed by atoms with Crippen molar-refractivity contribution in [2.75, 3.05) is 13.1 Å². The summed E-state index contributed by atoms with van der Waals surface area (Å²) >= 11 is 0. The average molecular weight is 296 g/mol. The average Bonchev–Trinajstić information content (AvgIpc) is 2.61. The fourth-order valence-corrected chi connectivity index (χ4v) is 2.92. The molecule has 3 rings (SSSR count). The summed E-state index contributed by atoms with van der Waals surface area (Å²) in [6.07, 6.45) is 10.3. The molecule has 1 aliphatic heterocycles. The Morgan fingerprint density at radius 3 is 2.73 bits per heavy atom. The summed E-state index contributed by atoms with van der Waals surface area (Å²) < 4.78 is 0. The van der Waals surface area contributed by atoms with Crippen molar-refractivity contribution < 1.29 is 4.79 Å². The van der Waals surface area contributed by atoms with Gasteiger partial charge in [-0.2, -0.15) is 0 Å². The van der Waals surface area contributed by atoms with E-state index in [1.165, 1.54) is 0 Å². The molecule has 1 saturated heterocycles.